The molecule has 0 aliphatic rings. The molecule has 0 saturated carbocycles. The average Bonchev–Trinajstić information content (AvgIpc) is 2.79. The second kappa shape index (κ2) is 5.94. The predicted octanol–water partition coefficient (Wildman–Crippen LogP) is 3.06. The van der Waals surface area contributed by atoms with Crippen molar-refractivity contribution in [3.05, 3.63) is 52.0 Å². The van der Waals surface area contributed by atoms with Crippen LogP contribution in [0.15, 0.2) is 35.7 Å². The summed E-state index contributed by atoms with van der Waals surface area (Å²) in [6, 6.07) is 10.5. The molecule has 1 atom stereocenters. The number of aromatic nitrogens is 1. The Bertz CT molecular complexity index is 450. The van der Waals surface area contributed by atoms with E-state index in [9.17, 15) is 0 Å². The Labute approximate surface area is 107 Å². The van der Waals surface area contributed by atoms with Gasteiger partial charge in [-0.2, -0.15) is 0 Å². The first kappa shape index (κ1) is 12.3. The minimum Gasteiger partial charge on any atom is -0.319 e. The van der Waals surface area contributed by atoms with E-state index in [1.807, 2.05) is 13.1 Å². The van der Waals surface area contributed by atoms with Gasteiger partial charge >= 0.3 is 0 Å². The van der Waals surface area contributed by atoms with Crippen molar-refractivity contribution in [2.24, 2.45) is 0 Å². The Balaban J connectivity index is 2.04. The Morgan fingerprint density at radius 2 is 2.06 bits per heavy atom. The largest absolute Gasteiger partial charge is 0.319 e. The molecule has 17 heavy (non-hydrogen) atoms. The third kappa shape index (κ3) is 3.38. The Morgan fingerprint density at radius 3 is 2.76 bits per heavy atom. The first-order valence-corrected chi connectivity index (χ1v) is 6.80. The molecule has 0 radical (unpaired) electrons. The van der Waals surface area contributed by atoms with Gasteiger partial charge in [-0.05, 0) is 12.6 Å². The van der Waals surface area contributed by atoms with Crippen molar-refractivity contribution in [1.82, 2.24) is 10.3 Å². The highest BCUT2D eigenvalue weighted by Gasteiger charge is 2.09. The number of benzene rings is 1. The van der Waals surface area contributed by atoms with E-state index in [1.165, 1.54) is 16.3 Å². The van der Waals surface area contributed by atoms with Crippen LogP contribution in [0.25, 0.3) is 0 Å². The van der Waals surface area contributed by atoms with Gasteiger partial charge in [-0.1, -0.05) is 37.3 Å². The van der Waals surface area contributed by atoms with Crippen molar-refractivity contribution < 1.29 is 0 Å². The van der Waals surface area contributed by atoms with E-state index in [4.69, 9.17) is 4.98 Å². The highest BCUT2D eigenvalue weighted by Crippen LogP contribution is 2.20. The lowest BCUT2D eigenvalue weighted by atomic mass is 10.1. The highest BCUT2D eigenvalue weighted by molar-refractivity contribution is 7.09. The number of hydrogen-bond acceptors (Lipinski definition) is 3. The summed E-state index contributed by atoms with van der Waals surface area (Å²) in [4.78, 5) is 4.70. The number of nitrogens with zero attached hydrogens (tertiary/aromatic N) is 1. The molecule has 0 saturated heterocycles. The number of rotatable bonds is 5. The number of likely N-dealkylation sites (N-methyl/N-ethyl adjacent to an activating group) is 1. The van der Waals surface area contributed by atoms with Gasteiger partial charge in [-0.3, -0.25) is 0 Å². The van der Waals surface area contributed by atoms with Gasteiger partial charge in [0.1, 0.15) is 0 Å². The van der Waals surface area contributed by atoms with E-state index in [2.05, 4.69) is 41.9 Å². The van der Waals surface area contributed by atoms with E-state index < -0.39 is 0 Å². The lowest BCUT2D eigenvalue weighted by Crippen LogP contribution is -2.14. The van der Waals surface area contributed by atoms with Crippen molar-refractivity contribution in [3.8, 4) is 0 Å². The molecule has 0 aliphatic carbocycles. The van der Waals surface area contributed by atoms with Crippen LogP contribution < -0.4 is 5.32 Å². The summed E-state index contributed by atoms with van der Waals surface area (Å²) < 4.78 is 0. The fourth-order valence-electron chi connectivity index (χ4n) is 1.83. The summed E-state index contributed by atoms with van der Waals surface area (Å²) in [6.45, 7) is 3.19. The molecule has 0 aliphatic heterocycles. The van der Waals surface area contributed by atoms with Crippen molar-refractivity contribution in [3.63, 3.8) is 0 Å². The van der Waals surface area contributed by atoms with Gasteiger partial charge < -0.3 is 5.32 Å². The molecule has 0 amide bonds. The molecule has 1 N–H and O–H groups in total. The maximum atomic E-state index is 4.70. The normalized spacial score (nSPS) is 12.6. The summed E-state index contributed by atoms with van der Waals surface area (Å²) in [6.07, 6.45) is 0.934. The lowest BCUT2D eigenvalue weighted by Gasteiger charge is -2.05. The topological polar surface area (TPSA) is 24.9 Å². The average molecular weight is 246 g/mol. The number of thiazole rings is 1. The van der Waals surface area contributed by atoms with Crippen LogP contribution in [-0.2, 0) is 6.42 Å². The third-order valence-electron chi connectivity index (χ3n) is 2.73. The second-order valence-corrected chi connectivity index (χ2v) is 5.19. The predicted molar refractivity (Wildman–Crippen MR) is 73.7 cm³/mol. The molecule has 1 aromatic heterocycles. The van der Waals surface area contributed by atoms with Crippen LogP contribution in [0.1, 0.15) is 29.1 Å². The molecule has 1 heterocycles. The van der Waals surface area contributed by atoms with Crippen LogP contribution in [0.5, 0.6) is 0 Å². The van der Waals surface area contributed by atoms with Crippen LogP contribution in [0.3, 0.4) is 0 Å². The van der Waals surface area contributed by atoms with Crippen molar-refractivity contribution in [1.29, 1.82) is 0 Å². The van der Waals surface area contributed by atoms with E-state index in [0.29, 0.717) is 5.92 Å². The highest BCUT2D eigenvalue weighted by atomic mass is 32.1. The van der Waals surface area contributed by atoms with E-state index >= 15 is 0 Å². The molecular formula is C14H18N2S. The monoisotopic (exact) mass is 246 g/mol. The summed E-state index contributed by atoms with van der Waals surface area (Å²) in [5.74, 6) is 0.495. The molecule has 0 spiro atoms. The number of nitrogens with one attached hydrogen (secondary N) is 1. The van der Waals surface area contributed by atoms with E-state index in [1.54, 1.807) is 11.3 Å². The SMILES string of the molecule is CNCC(C)c1nc(Cc2ccccc2)cs1. The van der Waals surface area contributed by atoms with Crippen LogP contribution in [0.4, 0.5) is 0 Å². The minimum absolute atomic E-state index is 0.495. The Hall–Kier alpha value is -1.19. The van der Waals surface area contributed by atoms with Gasteiger partial charge in [0.05, 0.1) is 10.7 Å². The zero-order valence-electron chi connectivity index (χ0n) is 10.3. The molecule has 2 aromatic rings. The zero-order valence-corrected chi connectivity index (χ0v) is 11.1. The quantitative estimate of drug-likeness (QED) is 0.877. The molecule has 1 aromatic carbocycles. The zero-order chi connectivity index (χ0) is 12.1. The molecule has 0 fully saturated rings. The van der Waals surface area contributed by atoms with Crippen LogP contribution in [-0.4, -0.2) is 18.6 Å². The lowest BCUT2D eigenvalue weighted by molar-refractivity contribution is 0.672. The maximum Gasteiger partial charge on any atom is 0.0969 e. The van der Waals surface area contributed by atoms with Crippen LogP contribution in [0, 0.1) is 0 Å². The van der Waals surface area contributed by atoms with Gasteiger partial charge in [0.2, 0.25) is 0 Å². The van der Waals surface area contributed by atoms with Crippen LogP contribution in [0.2, 0.25) is 0 Å². The molecule has 90 valence electrons. The minimum atomic E-state index is 0.495. The Kier molecular flexibility index (Phi) is 4.29. The summed E-state index contributed by atoms with van der Waals surface area (Å²) in [5, 5.41) is 6.59. The van der Waals surface area contributed by atoms with Gasteiger partial charge in [0.15, 0.2) is 0 Å². The fraction of sp³-hybridized carbons (Fsp3) is 0.357. The van der Waals surface area contributed by atoms with Gasteiger partial charge in [-0.15, -0.1) is 11.3 Å². The molecule has 0 bridgehead atoms. The first-order chi connectivity index (χ1) is 8.29. The summed E-state index contributed by atoms with van der Waals surface area (Å²) in [7, 11) is 1.98. The van der Waals surface area contributed by atoms with Crippen molar-refractivity contribution in [2.45, 2.75) is 19.3 Å². The molecule has 2 nitrogen and oxygen atoms in total. The van der Waals surface area contributed by atoms with Crippen LogP contribution >= 0.6 is 11.3 Å². The van der Waals surface area contributed by atoms with E-state index in [-0.39, 0.29) is 0 Å². The standard InChI is InChI=1S/C14H18N2S/c1-11(9-15-2)14-16-13(10-17-14)8-12-6-4-3-5-7-12/h3-7,10-11,15H,8-9H2,1-2H3. The summed E-state index contributed by atoms with van der Waals surface area (Å²) in [5.41, 5.74) is 2.50. The molecule has 1 unspecified atom stereocenters. The molecule has 3 heteroatoms. The van der Waals surface area contributed by atoms with Gasteiger partial charge in [0, 0.05) is 24.3 Å². The van der Waals surface area contributed by atoms with Gasteiger partial charge in [-0.25, -0.2) is 4.98 Å². The van der Waals surface area contributed by atoms with E-state index in [0.717, 1.165) is 13.0 Å². The molecule has 2 rings (SSSR count). The fourth-order valence-corrected chi connectivity index (χ4v) is 2.71. The first-order valence-electron chi connectivity index (χ1n) is 5.92. The maximum absolute atomic E-state index is 4.70. The van der Waals surface area contributed by atoms with Crippen molar-refractivity contribution in [2.75, 3.05) is 13.6 Å². The summed E-state index contributed by atoms with van der Waals surface area (Å²) >= 11 is 1.77. The third-order valence-corrected chi connectivity index (χ3v) is 3.85. The smallest absolute Gasteiger partial charge is 0.0969 e. The van der Waals surface area contributed by atoms with Crippen molar-refractivity contribution >= 4 is 11.3 Å². The Morgan fingerprint density at radius 1 is 1.29 bits per heavy atom. The van der Waals surface area contributed by atoms with Gasteiger partial charge in [0.25, 0.3) is 0 Å². The molecular weight excluding hydrogens is 228 g/mol. The number of hydrogen-bond donors (Lipinski definition) is 1. The second-order valence-electron chi connectivity index (χ2n) is 4.30.